The lowest BCUT2D eigenvalue weighted by atomic mass is 10.1. The van der Waals surface area contributed by atoms with Crippen molar-refractivity contribution in [3.63, 3.8) is 0 Å². The minimum absolute atomic E-state index is 0. The average molecular weight is 195 g/mol. The van der Waals surface area contributed by atoms with Crippen molar-refractivity contribution in [2.24, 2.45) is 5.73 Å². The molecule has 64 valence electrons. The van der Waals surface area contributed by atoms with E-state index in [1.54, 1.807) is 12.4 Å². The third-order valence-electron chi connectivity index (χ3n) is 1.23. The molecule has 2 nitrogen and oxygen atoms in total. The fraction of sp³-hybridized carbons (Fsp3) is 0.286. The highest BCUT2D eigenvalue weighted by atomic mass is 35.5. The van der Waals surface area contributed by atoms with E-state index in [4.69, 9.17) is 5.73 Å². The molecule has 0 saturated heterocycles. The van der Waals surface area contributed by atoms with Crippen LogP contribution >= 0.6 is 24.8 Å². The van der Waals surface area contributed by atoms with Crippen molar-refractivity contribution in [1.29, 1.82) is 0 Å². The van der Waals surface area contributed by atoms with E-state index in [9.17, 15) is 0 Å². The summed E-state index contributed by atoms with van der Waals surface area (Å²) < 4.78 is 0. The molecule has 0 fully saturated rings. The van der Waals surface area contributed by atoms with Crippen molar-refractivity contribution in [3.8, 4) is 0 Å². The smallest absolute Gasteiger partial charge is 0.0271 e. The van der Waals surface area contributed by atoms with Crippen LogP contribution in [0.25, 0.3) is 0 Å². The summed E-state index contributed by atoms with van der Waals surface area (Å²) in [5, 5.41) is 0. The number of rotatable bonds is 1. The number of nitrogens with zero attached hydrogens (tertiary/aromatic N) is 1. The molecule has 0 aliphatic carbocycles. The zero-order chi connectivity index (χ0) is 6.69. The normalized spacial score (nSPS) is 10.7. The predicted octanol–water partition coefficient (Wildman–Crippen LogP) is 1.94. The molecule has 0 aliphatic rings. The Labute approximate surface area is 79.0 Å². The van der Waals surface area contributed by atoms with E-state index in [1.807, 2.05) is 19.1 Å². The SMILES string of the molecule is C[C@@H](N)c1ccncc1.Cl.Cl. The largest absolute Gasteiger partial charge is 0.324 e. The van der Waals surface area contributed by atoms with Crippen LogP contribution in [0.1, 0.15) is 18.5 Å². The Morgan fingerprint density at radius 1 is 1.27 bits per heavy atom. The van der Waals surface area contributed by atoms with Gasteiger partial charge in [-0.15, -0.1) is 24.8 Å². The Balaban J connectivity index is 0. The number of halogens is 2. The summed E-state index contributed by atoms with van der Waals surface area (Å²) >= 11 is 0. The van der Waals surface area contributed by atoms with Gasteiger partial charge in [-0.25, -0.2) is 0 Å². The molecule has 1 aromatic rings. The quantitative estimate of drug-likeness (QED) is 0.743. The Kier molecular flexibility index (Phi) is 7.74. The summed E-state index contributed by atoms with van der Waals surface area (Å²) in [6, 6.07) is 3.96. The Hall–Kier alpha value is -0.310. The third-order valence-corrected chi connectivity index (χ3v) is 1.23. The third kappa shape index (κ3) is 4.19. The molecule has 0 spiro atoms. The molecular formula is C7H12Cl2N2. The van der Waals surface area contributed by atoms with E-state index < -0.39 is 0 Å². The van der Waals surface area contributed by atoms with Crippen LogP contribution in [0.2, 0.25) is 0 Å². The molecule has 11 heavy (non-hydrogen) atoms. The minimum Gasteiger partial charge on any atom is -0.324 e. The molecule has 2 N–H and O–H groups in total. The first-order chi connectivity index (χ1) is 4.30. The molecule has 1 aromatic heterocycles. The molecule has 0 bridgehead atoms. The summed E-state index contributed by atoms with van der Waals surface area (Å²) in [5.41, 5.74) is 6.72. The van der Waals surface area contributed by atoms with Crippen molar-refractivity contribution in [1.82, 2.24) is 4.98 Å². The summed E-state index contributed by atoms with van der Waals surface area (Å²) in [4.78, 5) is 3.87. The van der Waals surface area contributed by atoms with Crippen LogP contribution in [0.4, 0.5) is 0 Å². The molecule has 0 radical (unpaired) electrons. The molecule has 4 heteroatoms. The first-order valence-corrected chi connectivity index (χ1v) is 2.96. The second-order valence-electron chi connectivity index (χ2n) is 2.07. The lowest BCUT2D eigenvalue weighted by Crippen LogP contribution is -2.04. The first-order valence-electron chi connectivity index (χ1n) is 2.96. The standard InChI is InChI=1S/C7H10N2.2ClH/c1-6(8)7-2-4-9-5-3-7;;/h2-6H,8H2,1H3;2*1H/t6-;;/m1../s1. The summed E-state index contributed by atoms with van der Waals surface area (Å²) in [5.74, 6) is 0. The number of hydrogen-bond acceptors (Lipinski definition) is 2. The number of aromatic nitrogens is 1. The molecule has 0 amide bonds. The van der Waals surface area contributed by atoms with Crippen LogP contribution in [-0.4, -0.2) is 4.98 Å². The summed E-state index contributed by atoms with van der Waals surface area (Å²) in [7, 11) is 0. The minimum atomic E-state index is 0. The van der Waals surface area contributed by atoms with Gasteiger partial charge in [0, 0.05) is 18.4 Å². The maximum atomic E-state index is 5.59. The predicted molar refractivity (Wildman–Crippen MR) is 51.3 cm³/mol. The second kappa shape index (κ2) is 6.40. The Morgan fingerprint density at radius 2 is 1.73 bits per heavy atom. The molecule has 1 rings (SSSR count). The van der Waals surface area contributed by atoms with Crippen molar-refractivity contribution in [2.75, 3.05) is 0 Å². The van der Waals surface area contributed by atoms with Crippen LogP contribution in [0.5, 0.6) is 0 Å². The highest BCUT2D eigenvalue weighted by Gasteiger charge is 1.94. The zero-order valence-corrected chi connectivity index (χ0v) is 7.86. The van der Waals surface area contributed by atoms with Gasteiger partial charge in [-0.1, -0.05) is 0 Å². The van der Waals surface area contributed by atoms with Gasteiger partial charge in [0.05, 0.1) is 0 Å². The molecule has 1 atom stereocenters. The maximum absolute atomic E-state index is 5.59. The summed E-state index contributed by atoms with van der Waals surface area (Å²) in [6.45, 7) is 1.95. The Bertz CT molecular complexity index is 177. The van der Waals surface area contributed by atoms with Gasteiger partial charge in [0.2, 0.25) is 0 Å². The highest BCUT2D eigenvalue weighted by Crippen LogP contribution is 2.05. The van der Waals surface area contributed by atoms with Gasteiger partial charge < -0.3 is 5.73 Å². The molecule has 0 unspecified atom stereocenters. The first kappa shape index (κ1) is 13.3. The van der Waals surface area contributed by atoms with Crippen LogP contribution < -0.4 is 5.73 Å². The molecule has 0 aliphatic heterocycles. The van der Waals surface area contributed by atoms with Gasteiger partial charge in [0.15, 0.2) is 0 Å². The van der Waals surface area contributed by atoms with Crippen molar-refractivity contribution in [3.05, 3.63) is 30.1 Å². The Morgan fingerprint density at radius 3 is 2.00 bits per heavy atom. The number of nitrogens with two attached hydrogens (primary N) is 1. The van der Waals surface area contributed by atoms with E-state index in [1.165, 1.54) is 0 Å². The lowest BCUT2D eigenvalue weighted by Gasteiger charge is -2.01. The van der Waals surface area contributed by atoms with Crippen LogP contribution in [-0.2, 0) is 0 Å². The fourth-order valence-electron chi connectivity index (χ4n) is 0.667. The van der Waals surface area contributed by atoms with E-state index >= 15 is 0 Å². The van der Waals surface area contributed by atoms with Gasteiger partial charge in [0.25, 0.3) is 0 Å². The van der Waals surface area contributed by atoms with Crippen molar-refractivity contribution >= 4 is 24.8 Å². The average Bonchev–Trinajstić information content (AvgIpc) is 1.90. The monoisotopic (exact) mass is 194 g/mol. The molecule has 0 saturated carbocycles. The molecule has 1 heterocycles. The highest BCUT2D eigenvalue weighted by molar-refractivity contribution is 5.85. The van der Waals surface area contributed by atoms with Crippen LogP contribution in [0.15, 0.2) is 24.5 Å². The van der Waals surface area contributed by atoms with E-state index in [-0.39, 0.29) is 30.9 Å². The van der Waals surface area contributed by atoms with Crippen LogP contribution in [0, 0.1) is 0 Å². The van der Waals surface area contributed by atoms with Gasteiger partial charge in [-0.2, -0.15) is 0 Å². The van der Waals surface area contributed by atoms with E-state index in [0.29, 0.717) is 0 Å². The van der Waals surface area contributed by atoms with E-state index in [2.05, 4.69) is 4.98 Å². The molecular weight excluding hydrogens is 183 g/mol. The summed E-state index contributed by atoms with van der Waals surface area (Å²) in [6.07, 6.45) is 3.50. The van der Waals surface area contributed by atoms with Gasteiger partial charge >= 0.3 is 0 Å². The van der Waals surface area contributed by atoms with Gasteiger partial charge in [-0.3, -0.25) is 4.98 Å². The molecule has 0 aromatic carbocycles. The number of hydrogen-bond donors (Lipinski definition) is 1. The van der Waals surface area contributed by atoms with Crippen molar-refractivity contribution < 1.29 is 0 Å². The maximum Gasteiger partial charge on any atom is 0.0271 e. The van der Waals surface area contributed by atoms with E-state index in [0.717, 1.165) is 5.56 Å². The number of pyridine rings is 1. The second-order valence-corrected chi connectivity index (χ2v) is 2.07. The zero-order valence-electron chi connectivity index (χ0n) is 6.23. The van der Waals surface area contributed by atoms with Gasteiger partial charge in [0.1, 0.15) is 0 Å². The van der Waals surface area contributed by atoms with Crippen LogP contribution in [0.3, 0.4) is 0 Å². The van der Waals surface area contributed by atoms with Crippen molar-refractivity contribution in [2.45, 2.75) is 13.0 Å². The fourth-order valence-corrected chi connectivity index (χ4v) is 0.667. The lowest BCUT2D eigenvalue weighted by molar-refractivity contribution is 0.815. The topological polar surface area (TPSA) is 38.9 Å². The van der Waals surface area contributed by atoms with Gasteiger partial charge in [-0.05, 0) is 24.6 Å².